The largest absolute Gasteiger partial charge is 0.489 e. The van der Waals surface area contributed by atoms with Crippen LogP contribution in [0.2, 0.25) is 0 Å². The Balaban J connectivity index is 2.42. The van der Waals surface area contributed by atoms with Gasteiger partial charge >= 0.3 is 5.97 Å². The summed E-state index contributed by atoms with van der Waals surface area (Å²) in [6.07, 6.45) is 0. The predicted molar refractivity (Wildman–Crippen MR) is 60.2 cm³/mol. The number of nitrogens with zero attached hydrogens (tertiary/aromatic N) is 1. The lowest BCUT2D eigenvalue weighted by Gasteiger charge is -2.31. The Labute approximate surface area is 93.4 Å². The zero-order valence-corrected chi connectivity index (χ0v) is 8.85. The minimum absolute atomic E-state index is 0.208. The smallest absolute Gasteiger partial charge is 0.339 e. The molecule has 1 aliphatic heterocycles. The van der Waals surface area contributed by atoms with Crippen molar-refractivity contribution in [2.24, 2.45) is 5.73 Å². The number of carbonyl (C=O) groups is 1. The second-order valence-electron chi connectivity index (χ2n) is 3.58. The molecule has 0 saturated carbocycles. The third-order valence-electron chi connectivity index (χ3n) is 2.57. The van der Waals surface area contributed by atoms with E-state index in [9.17, 15) is 4.79 Å². The molecule has 0 fully saturated rings. The van der Waals surface area contributed by atoms with Gasteiger partial charge in [-0.05, 0) is 12.1 Å². The van der Waals surface area contributed by atoms with Crippen LogP contribution in [-0.2, 0) is 0 Å². The van der Waals surface area contributed by atoms with Crippen LogP contribution in [0.1, 0.15) is 10.4 Å². The number of rotatable bonds is 3. The number of fused-ring (bicyclic) bond motifs is 1. The van der Waals surface area contributed by atoms with Crippen molar-refractivity contribution in [1.82, 2.24) is 0 Å². The van der Waals surface area contributed by atoms with Gasteiger partial charge in [0.05, 0.1) is 12.2 Å². The van der Waals surface area contributed by atoms with E-state index in [1.54, 1.807) is 12.1 Å². The maximum atomic E-state index is 11.0. The Morgan fingerprint density at radius 1 is 1.56 bits per heavy atom. The van der Waals surface area contributed by atoms with E-state index in [0.29, 0.717) is 25.4 Å². The van der Waals surface area contributed by atoms with Gasteiger partial charge in [-0.1, -0.05) is 6.07 Å². The van der Waals surface area contributed by atoms with Crippen LogP contribution in [0.3, 0.4) is 0 Å². The SMILES string of the molecule is NCCN1CCOc2c(C(=O)O)cccc21. The molecular formula is C11H14N2O3. The van der Waals surface area contributed by atoms with E-state index in [-0.39, 0.29) is 5.56 Å². The molecule has 16 heavy (non-hydrogen) atoms. The maximum absolute atomic E-state index is 11.0. The van der Waals surface area contributed by atoms with E-state index >= 15 is 0 Å². The monoisotopic (exact) mass is 222 g/mol. The van der Waals surface area contributed by atoms with Gasteiger partial charge in [0.1, 0.15) is 12.2 Å². The zero-order chi connectivity index (χ0) is 11.5. The Morgan fingerprint density at radius 3 is 3.06 bits per heavy atom. The first-order valence-corrected chi connectivity index (χ1v) is 5.18. The Kier molecular flexibility index (Phi) is 2.96. The summed E-state index contributed by atoms with van der Waals surface area (Å²) in [4.78, 5) is 13.1. The van der Waals surface area contributed by atoms with Gasteiger partial charge in [-0.25, -0.2) is 4.79 Å². The molecule has 1 aliphatic rings. The van der Waals surface area contributed by atoms with Crippen molar-refractivity contribution in [3.63, 3.8) is 0 Å². The van der Waals surface area contributed by atoms with Gasteiger partial charge in [0, 0.05) is 13.1 Å². The van der Waals surface area contributed by atoms with E-state index in [2.05, 4.69) is 0 Å². The highest BCUT2D eigenvalue weighted by Crippen LogP contribution is 2.34. The standard InChI is InChI=1S/C11H14N2O3/c12-4-5-13-6-7-16-10-8(11(14)15)2-1-3-9(10)13/h1-3H,4-7,12H2,(H,14,15). The van der Waals surface area contributed by atoms with E-state index in [0.717, 1.165) is 12.2 Å². The number of aromatic carboxylic acids is 1. The zero-order valence-electron chi connectivity index (χ0n) is 8.85. The topological polar surface area (TPSA) is 75.8 Å². The Morgan fingerprint density at radius 2 is 2.38 bits per heavy atom. The van der Waals surface area contributed by atoms with Gasteiger partial charge in [0.2, 0.25) is 0 Å². The molecule has 1 aromatic rings. The van der Waals surface area contributed by atoms with Crippen LogP contribution in [0, 0.1) is 0 Å². The summed E-state index contributed by atoms with van der Waals surface area (Å²) >= 11 is 0. The van der Waals surface area contributed by atoms with Crippen LogP contribution in [-0.4, -0.2) is 37.3 Å². The summed E-state index contributed by atoms with van der Waals surface area (Å²) in [5.41, 5.74) is 6.54. The fraction of sp³-hybridized carbons (Fsp3) is 0.364. The normalized spacial score (nSPS) is 14.2. The van der Waals surface area contributed by atoms with Gasteiger partial charge in [0.15, 0.2) is 5.75 Å². The van der Waals surface area contributed by atoms with Gasteiger partial charge in [0.25, 0.3) is 0 Å². The van der Waals surface area contributed by atoms with Crippen molar-refractivity contribution >= 4 is 11.7 Å². The molecule has 3 N–H and O–H groups in total. The van der Waals surface area contributed by atoms with Crippen molar-refractivity contribution in [3.8, 4) is 5.75 Å². The van der Waals surface area contributed by atoms with Crippen LogP contribution < -0.4 is 15.4 Å². The minimum atomic E-state index is -0.966. The molecule has 5 heteroatoms. The average molecular weight is 222 g/mol. The van der Waals surface area contributed by atoms with Crippen LogP contribution in [0.5, 0.6) is 5.75 Å². The van der Waals surface area contributed by atoms with E-state index in [1.165, 1.54) is 0 Å². The molecule has 86 valence electrons. The van der Waals surface area contributed by atoms with Crippen molar-refractivity contribution in [2.45, 2.75) is 0 Å². The molecule has 0 spiro atoms. The number of anilines is 1. The van der Waals surface area contributed by atoms with Gasteiger partial charge in [-0.15, -0.1) is 0 Å². The summed E-state index contributed by atoms with van der Waals surface area (Å²) in [5, 5.41) is 9.03. The fourth-order valence-corrected chi connectivity index (χ4v) is 1.86. The Bertz CT molecular complexity index is 406. The lowest BCUT2D eigenvalue weighted by atomic mass is 10.1. The summed E-state index contributed by atoms with van der Waals surface area (Å²) in [6.45, 7) is 2.49. The molecule has 0 saturated heterocycles. The lowest BCUT2D eigenvalue weighted by Crippen LogP contribution is -2.36. The van der Waals surface area contributed by atoms with Gasteiger partial charge in [-0.3, -0.25) is 0 Å². The molecule has 5 nitrogen and oxygen atoms in total. The quantitative estimate of drug-likeness (QED) is 0.780. The van der Waals surface area contributed by atoms with Crippen LogP contribution >= 0.6 is 0 Å². The lowest BCUT2D eigenvalue weighted by molar-refractivity contribution is 0.0692. The number of hydrogen-bond acceptors (Lipinski definition) is 4. The molecule has 0 aromatic heterocycles. The average Bonchev–Trinajstić information content (AvgIpc) is 2.29. The number of carboxylic acids is 1. The molecule has 0 atom stereocenters. The predicted octanol–water partition coefficient (Wildman–Crippen LogP) is 0.542. The van der Waals surface area contributed by atoms with Crippen LogP contribution in [0.15, 0.2) is 18.2 Å². The number of hydrogen-bond donors (Lipinski definition) is 2. The number of para-hydroxylation sites is 1. The first-order chi connectivity index (χ1) is 7.74. The second-order valence-corrected chi connectivity index (χ2v) is 3.58. The molecular weight excluding hydrogens is 208 g/mol. The number of carboxylic acid groups (broad SMARTS) is 1. The molecule has 2 rings (SSSR count). The Hall–Kier alpha value is -1.75. The summed E-state index contributed by atoms with van der Waals surface area (Å²) in [7, 11) is 0. The summed E-state index contributed by atoms with van der Waals surface area (Å²) < 4.78 is 5.43. The highest BCUT2D eigenvalue weighted by Gasteiger charge is 2.22. The van der Waals surface area contributed by atoms with Crippen molar-refractivity contribution in [1.29, 1.82) is 0 Å². The van der Waals surface area contributed by atoms with Gasteiger partial charge in [-0.2, -0.15) is 0 Å². The third kappa shape index (κ3) is 1.81. The van der Waals surface area contributed by atoms with E-state index in [4.69, 9.17) is 15.6 Å². The highest BCUT2D eigenvalue weighted by molar-refractivity contribution is 5.93. The van der Waals surface area contributed by atoms with Crippen LogP contribution in [0.25, 0.3) is 0 Å². The van der Waals surface area contributed by atoms with Crippen molar-refractivity contribution in [3.05, 3.63) is 23.8 Å². The molecule has 1 aromatic carbocycles. The molecule has 1 heterocycles. The number of benzene rings is 1. The van der Waals surface area contributed by atoms with Gasteiger partial charge < -0.3 is 20.5 Å². The molecule has 0 bridgehead atoms. The summed E-state index contributed by atoms with van der Waals surface area (Å²) in [6, 6.07) is 5.13. The maximum Gasteiger partial charge on any atom is 0.339 e. The summed E-state index contributed by atoms with van der Waals surface area (Å²) in [5.74, 6) is -0.513. The third-order valence-corrected chi connectivity index (χ3v) is 2.57. The number of nitrogens with two attached hydrogens (primary N) is 1. The fourth-order valence-electron chi connectivity index (χ4n) is 1.86. The van der Waals surface area contributed by atoms with Crippen molar-refractivity contribution < 1.29 is 14.6 Å². The minimum Gasteiger partial charge on any atom is -0.489 e. The molecule has 0 unspecified atom stereocenters. The van der Waals surface area contributed by atoms with Crippen LogP contribution in [0.4, 0.5) is 5.69 Å². The van der Waals surface area contributed by atoms with E-state index in [1.807, 2.05) is 11.0 Å². The highest BCUT2D eigenvalue weighted by atomic mass is 16.5. The first-order valence-electron chi connectivity index (χ1n) is 5.18. The number of ether oxygens (including phenoxy) is 1. The van der Waals surface area contributed by atoms with E-state index < -0.39 is 5.97 Å². The molecule has 0 amide bonds. The first kappa shape index (κ1) is 10.8. The second kappa shape index (κ2) is 4.40. The van der Waals surface area contributed by atoms with Crippen molar-refractivity contribution in [2.75, 3.05) is 31.1 Å². The molecule has 0 aliphatic carbocycles. The molecule has 0 radical (unpaired) electrons.